The number of anilines is 1. The van der Waals surface area contributed by atoms with Gasteiger partial charge >= 0.3 is 0 Å². The molecule has 0 bridgehead atoms. The van der Waals surface area contributed by atoms with Crippen molar-refractivity contribution in [3.8, 4) is 34.2 Å². The summed E-state index contributed by atoms with van der Waals surface area (Å²) >= 11 is 6.18. The topological polar surface area (TPSA) is 71.9 Å². The number of nitrogens with zero attached hydrogens (tertiary/aromatic N) is 2. The van der Waals surface area contributed by atoms with E-state index in [1.807, 2.05) is 55.5 Å². The second kappa shape index (κ2) is 11.5. The van der Waals surface area contributed by atoms with Gasteiger partial charge in [0.1, 0.15) is 23.2 Å². The van der Waals surface area contributed by atoms with Crippen molar-refractivity contribution in [2.75, 3.05) is 12.3 Å². The standard InChI is InChI=1S/C27H30ClN3O/c1-3-4-5-6-7-8-16-32-23-14-12-20(13-15-23)25-19(2)26(31-27(30)24(25)18-29)21-10-9-11-22(28)17-21/h9-15,17H,3-8,16H2,1-2H3,(H2,30,31). The Bertz CT molecular complexity index is 1090. The number of nitrogens with two attached hydrogens (primary N) is 1. The molecule has 0 aliphatic heterocycles. The molecule has 5 heteroatoms. The van der Waals surface area contributed by atoms with Crippen LogP contribution in [0.15, 0.2) is 48.5 Å². The summed E-state index contributed by atoms with van der Waals surface area (Å²) in [5, 5.41) is 10.4. The molecule has 0 atom stereocenters. The van der Waals surface area contributed by atoms with Crippen molar-refractivity contribution in [1.82, 2.24) is 4.98 Å². The van der Waals surface area contributed by atoms with E-state index in [1.165, 1.54) is 32.1 Å². The largest absolute Gasteiger partial charge is 0.494 e. The smallest absolute Gasteiger partial charge is 0.142 e. The van der Waals surface area contributed by atoms with Crippen molar-refractivity contribution in [2.45, 2.75) is 52.4 Å². The molecule has 4 nitrogen and oxygen atoms in total. The number of hydrogen-bond donors (Lipinski definition) is 1. The first kappa shape index (κ1) is 23.6. The van der Waals surface area contributed by atoms with E-state index >= 15 is 0 Å². The van der Waals surface area contributed by atoms with Gasteiger partial charge in [-0.15, -0.1) is 0 Å². The predicted octanol–water partition coefficient (Wildman–Crippen LogP) is 7.57. The van der Waals surface area contributed by atoms with Gasteiger partial charge in [0.15, 0.2) is 0 Å². The fourth-order valence-corrected chi connectivity index (χ4v) is 4.07. The van der Waals surface area contributed by atoms with E-state index < -0.39 is 0 Å². The van der Waals surface area contributed by atoms with Crippen LogP contribution in [0.2, 0.25) is 5.02 Å². The number of unbranched alkanes of at least 4 members (excludes halogenated alkanes) is 5. The average molecular weight is 448 g/mol. The zero-order chi connectivity index (χ0) is 22.9. The minimum absolute atomic E-state index is 0.214. The van der Waals surface area contributed by atoms with Crippen LogP contribution in [-0.4, -0.2) is 11.6 Å². The number of aromatic nitrogens is 1. The molecule has 0 unspecified atom stereocenters. The molecule has 2 N–H and O–H groups in total. The Kier molecular flexibility index (Phi) is 8.53. The molecule has 0 saturated carbocycles. The monoisotopic (exact) mass is 447 g/mol. The number of ether oxygens (including phenoxy) is 1. The zero-order valence-electron chi connectivity index (χ0n) is 18.8. The van der Waals surface area contributed by atoms with Gasteiger partial charge in [0.25, 0.3) is 0 Å². The number of pyridine rings is 1. The summed E-state index contributed by atoms with van der Waals surface area (Å²) < 4.78 is 5.90. The van der Waals surface area contributed by atoms with Crippen molar-refractivity contribution in [1.29, 1.82) is 5.26 Å². The van der Waals surface area contributed by atoms with Gasteiger partial charge in [-0.3, -0.25) is 0 Å². The third-order valence-corrected chi connectivity index (χ3v) is 5.82. The highest BCUT2D eigenvalue weighted by molar-refractivity contribution is 6.30. The van der Waals surface area contributed by atoms with E-state index in [-0.39, 0.29) is 5.82 Å². The molecule has 0 saturated heterocycles. The molecule has 0 fully saturated rings. The number of halogens is 1. The Morgan fingerprint density at radius 1 is 1.00 bits per heavy atom. The Labute approximate surface area is 196 Å². The van der Waals surface area contributed by atoms with Crippen molar-refractivity contribution in [3.63, 3.8) is 0 Å². The molecule has 2 aromatic carbocycles. The molecule has 0 aliphatic rings. The normalized spacial score (nSPS) is 10.7. The van der Waals surface area contributed by atoms with Crippen LogP contribution in [0.1, 0.15) is 56.6 Å². The molecule has 166 valence electrons. The van der Waals surface area contributed by atoms with E-state index in [1.54, 1.807) is 0 Å². The van der Waals surface area contributed by atoms with Crippen LogP contribution in [0.4, 0.5) is 5.82 Å². The molecule has 1 aromatic heterocycles. The molecule has 1 heterocycles. The number of nitrogen functional groups attached to an aromatic ring is 1. The maximum atomic E-state index is 9.75. The molecule has 0 spiro atoms. The van der Waals surface area contributed by atoms with Crippen molar-refractivity contribution in [3.05, 3.63) is 64.7 Å². The first-order valence-corrected chi connectivity index (χ1v) is 11.6. The van der Waals surface area contributed by atoms with E-state index in [0.717, 1.165) is 46.7 Å². The van der Waals surface area contributed by atoms with E-state index in [0.29, 0.717) is 10.6 Å². The van der Waals surface area contributed by atoms with Gasteiger partial charge in [-0.25, -0.2) is 4.98 Å². The van der Waals surface area contributed by atoms with Crippen LogP contribution in [-0.2, 0) is 0 Å². The SMILES string of the molecule is CCCCCCCCOc1ccc(-c2c(C)c(-c3cccc(Cl)c3)nc(N)c2C#N)cc1. The highest BCUT2D eigenvalue weighted by atomic mass is 35.5. The van der Waals surface area contributed by atoms with Gasteiger partial charge < -0.3 is 10.5 Å². The average Bonchev–Trinajstić information content (AvgIpc) is 2.80. The Hall–Kier alpha value is -3.03. The number of nitriles is 1. The minimum Gasteiger partial charge on any atom is -0.494 e. The van der Waals surface area contributed by atoms with E-state index in [9.17, 15) is 5.26 Å². The lowest BCUT2D eigenvalue weighted by molar-refractivity contribution is 0.304. The first-order chi connectivity index (χ1) is 15.5. The van der Waals surface area contributed by atoms with Crippen LogP contribution in [0.25, 0.3) is 22.4 Å². The predicted molar refractivity (Wildman–Crippen MR) is 133 cm³/mol. The summed E-state index contributed by atoms with van der Waals surface area (Å²) in [6.07, 6.45) is 7.41. The fourth-order valence-electron chi connectivity index (χ4n) is 3.88. The lowest BCUT2D eigenvalue weighted by atomic mass is 9.93. The van der Waals surface area contributed by atoms with Gasteiger partial charge in [0.05, 0.1) is 12.3 Å². The summed E-state index contributed by atoms with van der Waals surface area (Å²) in [5.74, 6) is 1.04. The van der Waals surface area contributed by atoms with Crippen LogP contribution in [0, 0.1) is 18.3 Å². The molecule has 0 amide bonds. The molecular weight excluding hydrogens is 418 g/mol. The third kappa shape index (κ3) is 5.81. The highest BCUT2D eigenvalue weighted by Crippen LogP contribution is 2.36. The Morgan fingerprint density at radius 2 is 1.72 bits per heavy atom. The summed E-state index contributed by atoms with van der Waals surface area (Å²) in [7, 11) is 0. The van der Waals surface area contributed by atoms with Crippen LogP contribution in [0.3, 0.4) is 0 Å². The number of hydrogen-bond acceptors (Lipinski definition) is 4. The molecule has 32 heavy (non-hydrogen) atoms. The summed E-state index contributed by atoms with van der Waals surface area (Å²) in [4.78, 5) is 4.51. The quantitative estimate of drug-likeness (QED) is 0.325. The second-order valence-corrected chi connectivity index (χ2v) is 8.42. The fraction of sp³-hybridized carbons (Fsp3) is 0.333. The van der Waals surface area contributed by atoms with Crippen LogP contribution < -0.4 is 10.5 Å². The molecule has 3 aromatic rings. The number of benzene rings is 2. The summed E-state index contributed by atoms with van der Waals surface area (Å²) in [5.41, 5.74) is 10.7. The lowest BCUT2D eigenvalue weighted by Crippen LogP contribution is -2.03. The van der Waals surface area contributed by atoms with Crippen molar-refractivity contribution >= 4 is 17.4 Å². The Morgan fingerprint density at radius 3 is 2.41 bits per heavy atom. The first-order valence-electron chi connectivity index (χ1n) is 11.2. The van der Waals surface area contributed by atoms with Gasteiger partial charge in [0.2, 0.25) is 0 Å². The molecule has 0 radical (unpaired) electrons. The third-order valence-electron chi connectivity index (χ3n) is 5.59. The lowest BCUT2D eigenvalue weighted by Gasteiger charge is -2.16. The van der Waals surface area contributed by atoms with Gasteiger partial charge in [-0.05, 0) is 48.7 Å². The van der Waals surface area contributed by atoms with E-state index in [4.69, 9.17) is 22.1 Å². The van der Waals surface area contributed by atoms with Crippen LogP contribution >= 0.6 is 11.6 Å². The highest BCUT2D eigenvalue weighted by Gasteiger charge is 2.18. The van der Waals surface area contributed by atoms with Gasteiger partial charge in [-0.1, -0.05) is 74.9 Å². The Balaban J connectivity index is 1.80. The number of rotatable bonds is 10. The van der Waals surface area contributed by atoms with Gasteiger partial charge in [-0.2, -0.15) is 5.26 Å². The van der Waals surface area contributed by atoms with Gasteiger partial charge in [0, 0.05) is 16.1 Å². The van der Waals surface area contributed by atoms with Crippen molar-refractivity contribution in [2.24, 2.45) is 0 Å². The minimum atomic E-state index is 0.214. The molecular formula is C27H30ClN3O. The van der Waals surface area contributed by atoms with E-state index in [2.05, 4.69) is 18.0 Å². The maximum absolute atomic E-state index is 9.75. The second-order valence-electron chi connectivity index (χ2n) is 7.98. The summed E-state index contributed by atoms with van der Waals surface area (Å²) in [6, 6.07) is 17.6. The van der Waals surface area contributed by atoms with Crippen molar-refractivity contribution < 1.29 is 4.74 Å². The maximum Gasteiger partial charge on any atom is 0.142 e. The zero-order valence-corrected chi connectivity index (χ0v) is 19.6. The van der Waals surface area contributed by atoms with Crippen LogP contribution in [0.5, 0.6) is 5.75 Å². The summed E-state index contributed by atoms with van der Waals surface area (Å²) in [6.45, 7) is 4.91. The molecule has 3 rings (SSSR count). The molecule has 0 aliphatic carbocycles.